The van der Waals surface area contributed by atoms with Crippen LogP contribution in [0.1, 0.15) is 38.5 Å². The molecule has 1 rings (SSSR count). The van der Waals surface area contributed by atoms with E-state index in [0.29, 0.717) is 0 Å². The molecule has 0 nitrogen and oxygen atoms in total. The van der Waals surface area contributed by atoms with Gasteiger partial charge in [0.15, 0.2) is 0 Å². The van der Waals surface area contributed by atoms with Gasteiger partial charge in [-0.05, 0) is 0 Å². The van der Waals surface area contributed by atoms with E-state index in [-0.39, 0.29) is 0 Å². The van der Waals surface area contributed by atoms with Crippen molar-refractivity contribution in [3.8, 4) is 35.5 Å². The molecule has 0 saturated heterocycles. The summed E-state index contributed by atoms with van der Waals surface area (Å²) in [7, 11) is 0. The van der Waals surface area contributed by atoms with Crippen molar-refractivity contribution >= 4 is 0 Å². The molecule has 0 spiro atoms. The van der Waals surface area contributed by atoms with Gasteiger partial charge in [0.2, 0.25) is 0 Å². The Morgan fingerprint density at radius 2 is 0.500 bits per heavy atom. The van der Waals surface area contributed by atoms with Gasteiger partial charge in [0.1, 0.15) is 0 Å². The molecule has 0 amide bonds. The summed E-state index contributed by atoms with van der Waals surface area (Å²) in [4.78, 5) is 0. The van der Waals surface area contributed by atoms with E-state index in [0.717, 1.165) is 38.5 Å². The van der Waals surface area contributed by atoms with E-state index in [1.54, 1.807) is 0 Å². The van der Waals surface area contributed by atoms with Gasteiger partial charge in [0, 0.05) is 38.5 Å². The van der Waals surface area contributed by atoms with Crippen LogP contribution in [0.4, 0.5) is 0 Å². The van der Waals surface area contributed by atoms with Crippen LogP contribution in [0, 0.1) is 35.5 Å². The highest BCUT2D eigenvalue weighted by molar-refractivity contribution is 5.10. The maximum atomic E-state index is 3.08. The van der Waals surface area contributed by atoms with Crippen molar-refractivity contribution in [1.29, 1.82) is 0 Å². The van der Waals surface area contributed by atoms with Crippen LogP contribution in [0.2, 0.25) is 0 Å². The van der Waals surface area contributed by atoms with Gasteiger partial charge in [-0.3, -0.25) is 0 Å². The van der Waals surface area contributed by atoms with Gasteiger partial charge < -0.3 is 0 Å². The molecular formula is C12H12. The third kappa shape index (κ3) is 4.49. The predicted molar refractivity (Wildman–Crippen MR) is 51.0 cm³/mol. The Hall–Kier alpha value is -1.32. The van der Waals surface area contributed by atoms with Crippen LogP contribution in [0.25, 0.3) is 0 Å². The van der Waals surface area contributed by atoms with Crippen LogP contribution >= 0.6 is 0 Å². The largest absolute Gasteiger partial charge is 0.102 e. The molecule has 60 valence electrons. The summed E-state index contributed by atoms with van der Waals surface area (Å²) >= 11 is 0. The molecule has 1 aliphatic carbocycles. The van der Waals surface area contributed by atoms with E-state index in [9.17, 15) is 0 Å². The molecule has 0 aromatic carbocycles. The molecular weight excluding hydrogens is 144 g/mol. The zero-order chi connectivity index (χ0) is 8.49. The summed E-state index contributed by atoms with van der Waals surface area (Å²) in [5.41, 5.74) is 0. The van der Waals surface area contributed by atoms with Crippen molar-refractivity contribution in [1.82, 2.24) is 0 Å². The molecule has 0 unspecified atom stereocenters. The molecule has 0 heterocycles. The highest BCUT2D eigenvalue weighted by Gasteiger charge is 1.79. The summed E-state index contributed by atoms with van der Waals surface area (Å²) in [6.07, 6.45) is 5.50. The maximum absolute atomic E-state index is 3.08. The predicted octanol–water partition coefficient (Wildman–Crippen LogP) is 2.35. The summed E-state index contributed by atoms with van der Waals surface area (Å²) in [6.45, 7) is 0. The molecule has 12 heavy (non-hydrogen) atoms. The zero-order valence-corrected chi connectivity index (χ0v) is 7.24. The lowest BCUT2D eigenvalue weighted by atomic mass is 10.2. The molecule has 0 saturated carbocycles. The van der Waals surface area contributed by atoms with Crippen LogP contribution in [-0.2, 0) is 0 Å². The second-order valence-electron chi connectivity index (χ2n) is 2.56. The SMILES string of the molecule is C1#CCCC#CCCC#CCC1. The summed E-state index contributed by atoms with van der Waals surface area (Å²) < 4.78 is 0. The lowest BCUT2D eigenvalue weighted by molar-refractivity contribution is 1.06. The Bertz CT molecular complexity index is 214. The lowest BCUT2D eigenvalue weighted by Crippen LogP contribution is -1.72. The van der Waals surface area contributed by atoms with Crippen LogP contribution < -0.4 is 0 Å². The van der Waals surface area contributed by atoms with Crippen molar-refractivity contribution in [3.05, 3.63) is 0 Å². The first kappa shape index (κ1) is 8.77. The molecule has 0 aromatic rings. The minimum Gasteiger partial charge on any atom is -0.102 e. The van der Waals surface area contributed by atoms with Crippen LogP contribution in [0.3, 0.4) is 0 Å². The van der Waals surface area contributed by atoms with Gasteiger partial charge in [-0.25, -0.2) is 0 Å². The second kappa shape index (κ2) is 6.39. The lowest BCUT2D eigenvalue weighted by Gasteiger charge is -1.84. The van der Waals surface area contributed by atoms with Crippen molar-refractivity contribution in [2.45, 2.75) is 38.5 Å². The fraction of sp³-hybridized carbons (Fsp3) is 0.500. The molecule has 0 atom stereocenters. The fourth-order valence-corrected chi connectivity index (χ4v) is 0.905. The molecule has 0 aromatic heterocycles. The topological polar surface area (TPSA) is 0 Å². The van der Waals surface area contributed by atoms with Crippen molar-refractivity contribution in [3.63, 3.8) is 0 Å². The Labute approximate surface area is 74.7 Å². The summed E-state index contributed by atoms with van der Waals surface area (Å²) in [5, 5.41) is 0. The Balaban J connectivity index is 2.43. The first-order valence-corrected chi connectivity index (χ1v) is 4.37. The first-order chi connectivity index (χ1) is 6.00. The zero-order valence-electron chi connectivity index (χ0n) is 7.24. The van der Waals surface area contributed by atoms with Crippen LogP contribution in [0.15, 0.2) is 0 Å². The smallest absolute Gasteiger partial charge is 0.0198 e. The van der Waals surface area contributed by atoms with Gasteiger partial charge in [-0.1, -0.05) is 0 Å². The minimum absolute atomic E-state index is 0.917. The average molecular weight is 156 g/mol. The second-order valence-corrected chi connectivity index (χ2v) is 2.56. The summed E-state index contributed by atoms with van der Waals surface area (Å²) in [6, 6.07) is 0. The molecule has 0 N–H and O–H groups in total. The first-order valence-electron chi connectivity index (χ1n) is 4.37. The van der Waals surface area contributed by atoms with E-state index in [4.69, 9.17) is 0 Å². The third-order valence-corrected chi connectivity index (χ3v) is 1.50. The monoisotopic (exact) mass is 156 g/mol. The van der Waals surface area contributed by atoms with E-state index in [1.165, 1.54) is 0 Å². The Kier molecular flexibility index (Phi) is 4.67. The number of hydrogen-bond acceptors (Lipinski definition) is 0. The standard InChI is InChI=1S/C12H12/c1-2-4-6-8-10-12-11-9-7-5-3-1/h1-2,7-10H2. The molecule has 0 radical (unpaired) electrons. The highest BCUT2D eigenvalue weighted by atomic mass is 13.8. The van der Waals surface area contributed by atoms with Gasteiger partial charge >= 0.3 is 0 Å². The molecule has 0 fully saturated rings. The van der Waals surface area contributed by atoms with E-state index < -0.39 is 0 Å². The Morgan fingerprint density at radius 1 is 0.333 bits per heavy atom. The van der Waals surface area contributed by atoms with Gasteiger partial charge in [-0.15, -0.1) is 35.5 Å². The number of hydrogen-bond donors (Lipinski definition) is 0. The van der Waals surface area contributed by atoms with Gasteiger partial charge in [0.05, 0.1) is 0 Å². The fourth-order valence-electron chi connectivity index (χ4n) is 0.905. The maximum Gasteiger partial charge on any atom is 0.0198 e. The van der Waals surface area contributed by atoms with Crippen LogP contribution in [0.5, 0.6) is 0 Å². The molecule has 0 bridgehead atoms. The van der Waals surface area contributed by atoms with E-state index in [2.05, 4.69) is 35.5 Å². The molecule has 0 heteroatoms. The normalized spacial score (nSPS) is 16.0. The third-order valence-electron chi connectivity index (χ3n) is 1.50. The van der Waals surface area contributed by atoms with Crippen molar-refractivity contribution in [2.75, 3.05) is 0 Å². The van der Waals surface area contributed by atoms with E-state index >= 15 is 0 Å². The number of rotatable bonds is 0. The van der Waals surface area contributed by atoms with Crippen molar-refractivity contribution < 1.29 is 0 Å². The Morgan fingerprint density at radius 3 is 0.667 bits per heavy atom. The summed E-state index contributed by atoms with van der Waals surface area (Å²) in [5.74, 6) is 18.5. The van der Waals surface area contributed by atoms with Gasteiger partial charge in [-0.2, -0.15) is 0 Å². The quantitative estimate of drug-likeness (QED) is 0.472. The van der Waals surface area contributed by atoms with E-state index in [1.807, 2.05) is 0 Å². The van der Waals surface area contributed by atoms with Crippen molar-refractivity contribution in [2.24, 2.45) is 0 Å². The average Bonchev–Trinajstić information content (AvgIpc) is 2.05. The molecule has 0 aliphatic heterocycles. The molecule has 1 aliphatic rings. The highest BCUT2D eigenvalue weighted by Crippen LogP contribution is 1.91. The minimum atomic E-state index is 0.917. The van der Waals surface area contributed by atoms with Gasteiger partial charge in [0.25, 0.3) is 0 Å². The van der Waals surface area contributed by atoms with Crippen LogP contribution in [-0.4, -0.2) is 0 Å².